The molecule has 5 heteroatoms. The van der Waals surface area contributed by atoms with Gasteiger partial charge in [0.2, 0.25) is 0 Å². The topological polar surface area (TPSA) is 49.3 Å². The summed E-state index contributed by atoms with van der Waals surface area (Å²) in [5.41, 5.74) is 2.30. The Morgan fingerprint density at radius 2 is 2.05 bits per heavy atom. The van der Waals surface area contributed by atoms with Crippen LogP contribution in [0.15, 0.2) is 46.9 Å². The van der Waals surface area contributed by atoms with Gasteiger partial charge in [-0.15, -0.1) is 0 Å². The van der Waals surface area contributed by atoms with Gasteiger partial charge in [-0.1, -0.05) is 39.7 Å². The predicted octanol–water partition coefficient (Wildman–Crippen LogP) is 4.28. The minimum absolute atomic E-state index is 0.160. The van der Waals surface area contributed by atoms with Crippen LogP contribution in [0.2, 0.25) is 5.02 Å². The second-order valence-corrected chi connectivity index (χ2v) is 5.99. The number of benzene rings is 2. The fraction of sp³-hybridized carbons (Fsp3) is 0.188. The van der Waals surface area contributed by atoms with Gasteiger partial charge < -0.3 is 10.4 Å². The van der Waals surface area contributed by atoms with E-state index >= 15 is 0 Å². The summed E-state index contributed by atoms with van der Waals surface area (Å²) < 4.78 is 0.761. The van der Waals surface area contributed by atoms with Crippen molar-refractivity contribution in [1.29, 1.82) is 0 Å². The second kappa shape index (κ2) is 7.59. The van der Waals surface area contributed by atoms with Crippen LogP contribution in [-0.2, 0) is 6.42 Å². The van der Waals surface area contributed by atoms with Crippen molar-refractivity contribution < 1.29 is 9.90 Å². The fourth-order valence-corrected chi connectivity index (χ4v) is 2.84. The molecule has 0 saturated heterocycles. The lowest BCUT2D eigenvalue weighted by Gasteiger charge is -2.08. The predicted molar refractivity (Wildman–Crippen MR) is 89.0 cm³/mol. The summed E-state index contributed by atoms with van der Waals surface area (Å²) in [6, 6.07) is 12.7. The molecule has 0 bridgehead atoms. The number of aliphatic hydroxyl groups excluding tert-OH is 1. The van der Waals surface area contributed by atoms with Gasteiger partial charge in [0.05, 0.1) is 0 Å². The summed E-state index contributed by atoms with van der Waals surface area (Å²) in [7, 11) is 0. The van der Waals surface area contributed by atoms with E-state index in [1.807, 2.05) is 24.3 Å². The number of hydrogen-bond acceptors (Lipinski definition) is 2. The molecule has 1 amide bonds. The van der Waals surface area contributed by atoms with Gasteiger partial charge in [0.1, 0.15) is 0 Å². The van der Waals surface area contributed by atoms with Crippen LogP contribution in [-0.4, -0.2) is 17.6 Å². The average molecular weight is 369 g/mol. The maximum Gasteiger partial charge on any atom is 0.255 e. The highest BCUT2D eigenvalue weighted by atomic mass is 79.9. The number of amides is 1. The van der Waals surface area contributed by atoms with Crippen molar-refractivity contribution in [2.75, 3.05) is 11.9 Å². The van der Waals surface area contributed by atoms with Gasteiger partial charge >= 0.3 is 0 Å². The van der Waals surface area contributed by atoms with E-state index < -0.39 is 0 Å². The van der Waals surface area contributed by atoms with Gasteiger partial charge in [-0.3, -0.25) is 4.79 Å². The number of halogens is 2. The molecule has 2 N–H and O–H groups in total. The lowest BCUT2D eigenvalue weighted by Crippen LogP contribution is -2.12. The summed E-state index contributed by atoms with van der Waals surface area (Å²) in [6.07, 6.45) is 1.49. The Morgan fingerprint density at radius 3 is 2.76 bits per heavy atom. The number of carbonyl (C=O) groups excluding carboxylic acids is 1. The molecular formula is C16H15BrClNO2. The summed E-state index contributed by atoms with van der Waals surface area (Å²) in [5, 5.41) is 12.2. The van der Waals surface area contributed by atoms with Crippen molar-refractivity contribution >= 4 is 39.1 Å². The van der Waals surface area contributed by atoms with Crippen LogP contribution in [0.4, 0.5) is 5.69 Å². The molecule has 2 rings (SSSR count). The fourth-order valence-electron chi connectivity index (χ4n) is 1.98. The van der Waals surface area contributed by atoms with E-state index in [0.29, 0.717) is 17.0 Å². The number of nitrogens with one attached hydrogen (secondary N) is 1. The summed E-state index contributed by atoms with van der Waals surface area (Å²) in [4.78, 5) is 12.2. The molecule has 2 aromatic carbocycles. The lowest BCUT2D eigenvalue weighted by molar-refractivity contribution is 0.102. The number of rotatable bonds is 5. The number of hydrogen-bond donors (Lipinski definition) is 2. The van der Waals surface area contributed by atoms with Crippen LogP contribution in [0.5, 0.6) is 0 Å². The van der Waals surface area contributed by atoms with Gasteiger partial charge in [0, 0.05) is 27.4 Å². The molecule has 0 fully saturated rings. The van der Waals surface area contributed by atoms with Gasteiger partial charge in [-0.2, -0.15) is 0 Å². The van der Waals surface area contributed by atoms with E-state index in [1.54, 1.807) is 18.2 Å². The van der Waals surface area contributed by atoms with Gasteiger partial charge in [0.15, 0.2) is 0 Å². The molecule has 0 saturated carbocycles. The van der Waals surface area contributed by atoms with E-state index in [-0.39, 0.29) is 12.5 Å². The highest BCUT2D eigenvalue weighted by Crippen LogP contribution is 2.21. The van der Waals surface area contributed by atoms with Crippen LogP contribution >= 0.6 is 27.5 Å². The summed E-state index contributed by atoms with van der Waals surface area (Å²) in [6.45, 7) is 0.160. The van der Waals surface area contributed by atoms with Gasteiger partial charge in [-0.05, 0) is 48.7 Å². The number of aliphatic hydroxyl groups is 1. The Kier molecular flexibility index (Phi) is 5.79. The molecule has 0 aliphatic carbocycles. The molecular weight excluding hydrogens is 354 g/mol. The minimum Gasteiger partial charge on any atom is -0.396 e. The molecule has 0 unspecified atom stereocenters. The molecule has 0 aliphatic rings. The number of anilines is 1. The Morgan fingerprint density at radius 1 is 1.24 bits per heavy atom. The summed E-state index contributed by atoms with van der Waals surface area (Å²) in [5.74, 6) is -0.211. The zero-order valence-electron chi connectivity index (χ0n) is 11.3. The zero-order chi connectivity index (χ0) is 15.2. The van der Waals surface area contributed by atoms with Crippen LogP contribution in [0.3, 0.4) is 0 Å². The average Bonchev–Trinajstić information content (AvgIpc) is 2.44. The second-order valence-electron chi connectivity index (χ2n) is 4.64. The van der Waals surface area contributed by atoms with Crippen molar-refractivity contribution in [3.05, 3.63) is 63.1 Å². The molecule has 0 atom stereocenters. The highest BCUT2D eigenvalue weighted by Gasteiger charge is 2.08. The number of carbonyl (C=O) groups is 1. The van der Waals surface area contributed by atoms with Crippen LogP contribution in [0, 0.1) is 0 Å². The van der Waals surface area contributed by atoms with Gasteiger partial charge in [-0.25, -0.2) is 0 Å². The molecule has 2 aromatic rings. The van der Waals surface area contributed by atoms with E-state index in [4.69, 9.17) is 16.7 Å². The first-order chi connectivity index (χ1) is 10.1. The number of aryl methyl sites for hydroxylation is 1. The molecule has 0 aromatic heterocycles. The summed E-state index contributed by atoms with van der Waals surface area (Å²) >= 11 is 9.26. The molecule has 110 valence electrons. The van der Waals surface area contributed by atoms with E-state index in [0.717, 1.165) is 22.1 Å². The SMILES string of the molecule is O=C(Nc1cccc(CCCO)c1)c1cc(Cl)cc(Br)c1. The third-order valence-corrected chi connectivity index (χ3v) is 3.61. The molecule has 0 spiro atoms. The van der Waals surface area contributed by atoms with Crippen molar-refractivity contribution in [3.63, 3.8) is 0 Å². The molecule has 0 heterocycles. The Labute approximate surface area is 137 Å². The van der Waals surface area contributed by atoms with E-state index in [2.05, 4.69) is 21.2 Å². The molecule has 3 nitrogen and oxygen atoms in total. The Hall–Kier alpha value is -1.36. The molecule has 0 radical (unpaired) electrons. The first-order valence-corrected chi connectivity index (χ1v) is 7.73. The zero-order valence-corrected chi connectivity index (χ0v) is 13.6. The van der Waals surface area contributed by atoms with Crippen molar-refractivity contribution in [2.24, 2.45) is 0 Å². The lowest BCUT2D eigenvalue weighted by atomic mass is 10.1. The standard InChI is InChI=1S/C16H15BrClNO2/c17-13-8-12(9-14(18)10-13)16(21)19-15-5-1-3-11(7-15)4-2-6-20/h1,3,5,7-10,20H,2,4,6H2,(H,19,21). The van der Waals surface area contributed by atoms with Gasteiger partial charge in [0.25, 0.3) is 5.91 Å². The highest BCUT2D eigenvalue weighted by molar-refractivity contribution is 9.10. The third kappa shape index (κ3) is 4.84. The Balaban J connectivity index is 2.11. The quantitative estimate of drug-likeness (QED) is 0.827. The smallest absolute Gasteiger partial charge is 0.255 e. The first kappa shape index (κ1) is 16.0. The third-order valence-electron chi connectivity index (χ3n) is 2.93. The van der Waals surface area contributed by atoms with E-state index in [1.165, 1.54) is 0 Å². The Bertz CT molecular complexity index is 626. The molecule has 21 heavy (non-hydrogen) atoms. The van der Waals surface area contributed by atoms with Crippen LogP contribution in [0.25, 0.3) is 0 Å². The largest absolute Gasteiger partial charge is 0.396 e. The van der Waals surface area contributed by atoms with Crippen molar-refractivity contribution in [2.45, 2.75) is 12.8 Å². The van der Waals surface area contributed by atoms with Crippen molar-refractivity contribution in [3.8, 4) is 0 Å². The normalized spacial score (nSPS) is 10.4. The maximum absolute atomic E-state index is 12.2. The molecule has 0 aliphatic heterocycles. The van der Waals surface area contributed by atoms with E-state index in [9.17, 15) is 4.79 Å². The van der Waals surface area contributed by atoms with Crippen molar-refractivity contribution in [1.82, 2.24) is 0 Å². The van der Waals surface area contributed by atoms with Crippen LogP contribution < -0.4 is 5.32 Å². The monoisotopic (exact) mass is 367 g/mol. The van der Waals surface area contributed by atoms with Crippen LogP contribution in [0.1, 0.15) is 22.3 Å². The minimum atomic E-state index is -0.211. The maximum atomic E-state index is 12.2. The first-order valence-electron chi connectivity index (χ1n) is 6.56.